The first-order valence-electron chi connectivity index (χ1n) is 8.15. The van der Waals surface area contributed by atoms with Gasteiger partial charge in [-0.05, 0) is 55.9 Å². The number of nitrogens with zero attached hydrogens (tertiary/aromatic N) is 2. The average Bonchev–Trinajstić information content (AvgIpc) is 3.08. The van der Waals surface area contributed by atoms with Crippen molar-refractivity contribution in [2.45, 2.75) is 32.1 Å². The van der Waals surface area contributed by atoms with E-state index in [1.165, 1.54) is 38.0 Å². The molecule has 3 rings (SSSR count). The van der Waals surface area contributed by atoms with Crippen LogP contribution >= 0.6 is 0 Å². The van der Waals surface area contributed by atoms with Crippen molar-refractivity contribution in [1.29, 1.82) is 0 Å². The highest BCUT2D eigenvalue weighted by Gasteiger charge is 2.14. The fourth-order valence-electron chi connectivity index (χ4n) is 3.16. The lowest BCUT2D eigenvalue weighted by atomic mass is 10.1. The van der Waals surface area contributed by atoms with Gasteiger partial charge in [0.05, 0.1) is 0 Å². The Morgan fingerprint density at radius 1 is 0.857 bits per heavy atom. The van der Waals surface area contributed by atoms with Crippen LogP contribution in [0.3, 0.4) is 0 Å². The number of benzene rings is 1. The smallest absolute Gasteiger partial charge is 0.246 e. The van der Waals surface area contributed by atoms with Gasteiger partial charge in [0.2, 0.25) is 5.91 Å². The lowest BCUT2D eigenvalue weighted by Crippen LogP contribution is -2.34. The largest absolute Gasteiger partial charge is 0.372 e. The molecule has 21 heavy (non-hydrogen) atoms. The van der Waals surface area contributed by atoms with Crippen LogP contribution in [0.1, 0.15) is 37.7 Å². The number of likely N-dealkylation sites (tertiary alicyclic amines) is 1. The van der Waals surface area contributed by atoms with Gasteiger partial charge >= 0.3 is 0 Å². The second-order valence-electron chi connectivity index (χ2n) is 6.00. The fraction of sp³-hybridized carbons (Fsp3) is 0.500. The summed E-state index contributed by atoms with van der Waals surface area (Å²) in [4.78, 5) is 16.5. The monoisotopic (exact) mass is 284 g/mol. The highest BCUT2D eigenvalue weighted by Crippen LogP contribution is 2.20. The van der Waals surface area contributed by atoms with E-state index in [0.717, 1.165) is 31.5 Å². The quantitative estimate of drug-likeness (QED) is 0.795. The van der Waals surface area contributed by atoms with Gasteiger partial charge in [-0.2, -0.15) is 0 Å². The molecule has 0 bridgehead atoms. The van der Waals surface area contributed by atoms with Crippen molar-refractivity contribution in [1.82, 2.24) is 4.90 Å². The summed E-state index contributed by atoms with van der Waals surface area (Å²) in [5.74, 6) is 0.151. The normalized spacial score (nSPS) is 19.4. The third-order valence-electron chi connectivity index (χ3n) is 4.45. The molecule has 0 aromatic heterocycles. The second-order valence-corrected chi connectivity index (χ2v) is 6.00. The molecule has 1 aromatic carbocycles. The van der Waals surface area contributed by atoms with Crippen LogP contribution in [-0.2, 0) is 4.79 Å². The Morgan fingerprint density at radius 2 is 1.48 bits per heavy atom. The summed E-state index contributed by atoms with van der Waals surface area (Å²) in [6.45, 7) is 4.17. The van der Waals surface area contributed by atoms with Crippen molar-refractivity contribution in [3.63, 3.8) is 0 Å². The molecule has 0 saturated carbocycles. The molecule has 0 unspecified atom stereocenters. The number of hydrogen-bond acceptors (Lipinski definition) is 2. The Labute approximate surface area is 127 Å². The van der Waals surface area contributed by atoms with Crippen LogP contribution in [0, 0.1) is 0 Å². The van der Waals surface area contributed by atoms with E-state index in [2.05, 4.69) is 29.2 Å². The number of hydrogen-bond donors (Lipinski definition) is 0. The number of rotatable bonds is 3. The summed E-state index contributed by atoms with van der Waals surface area (Å²) >= 11 is 0. The highest BCUT2D eigenvalue weighted by atomic mass is 16.2. The number of anilines is 1. The average molecular weight is 284 g/mol. The maximum absolute atomic E-state index is 12.1. The van der Waals surface area contributed by atoms with Gasteiger partial charge in [0.25, 0.3) is 0 Å². The van der Waals surface area contributed by atoms with Gasteiger partial charge in [-0.3, -0.25) is 4.79 Å². The van der Waals surface area contributed by atoms with Gasteiger partial charge in [-0.25, -0.2) is 0 Å². The Balaban J connectivity index is 1.58. The standard InChI is InChI=1S/C18H24N2O/c21-18(20-14-2-1-3-15-20)11-8-16-6-9-17(10-7-16)19-12-4-5-13-19/h6-11H,1-5,12-15H2/b11-8+. The molecule has 2 aliphatic rings. The number of carbonyl (C=O) groups is 1. The van der Waals surface area contributed by atoms with Crippen molar-refractivity contribution in [2.24, 2.45) is 0 Å². The molecule has 2 heterocycles. The SMILES string of the molecule is O=C(/C=C/c1ccc(N2CCCC2)cc1)N1CCCCC1. The van der Waals surface area contributed by atoms with Crippen LogP contribution in [0.2, 0.25) is 0 Å². The third-order valence-corrected chi connectivity index (χ3v) is 4.45. The van der Waals surface area contributed by atoms with Crippen LogP contribution in [-0.4, -0.2) is 37.0 Å². The molecule has 0 radical (unpaired) electrons. The first kappa shape index (κ1) is 14.2. The van der Waals surface area contributed by atoms with Gasteiger partial charge in [0.15, 0.2) is 0 Å². The molecule has 2 aliphatic heterocycles. The van der Waals surface area contributed by atoms with Gasteiger partial charge in [-0.15, -0.1) is 0 Å². The van der Waals surface area contributed by atoms with E-state index in [1.54, 1.807) is 6.08 Å². The highest BCUT2D eigenvalue weighted by molar-refractivity contribution is 5.91. The second kappa shape index (κ2) is 6.79. The predicted octanol–water partition coefficient (Wildman–Crippen LogP) is 3.31. The van der Waals surface area contributed by atoms with Gasteiger partial charge in [0, 0.05) is 37.9 Å². The fourth-order valence-corrected chi connectivity index (χ4v) is 3.16. The summed E-state index contributed by atoms with van der Waals surface area (Å²) in [6.07, 6.45) is 9.79. The molecule has 0 spiro atoms. The van der Waals surface area contributed by atoms with E-state index in [9.17, 15) is 4.79 Å². The molecule has 2 saturated heterocycles. The minimum Gasteiger partial charge on any atom is -0.372 e. The van der Waals surface area contributed by atoms with Crippen molar-refractivity contribution in [2.75, 3.05) is 31.1 Å². The first-order chi connectivity index (χ1) is 10.3. The predicted molar refractivity (Wildman–Crippen MR) is 87.4 cm³/mol. The molecule has 112 valence electrons. The summed E-state index contributed by atoms with van der Waals surface area (Å²) in [5.41, 5.74) is 2.40. The Bertz CT molecular complexity index is 494. The van der Waals surface area contributed by atoms with E-state index >= 15 is 0 Å². The molecule has 0 N–H and O–H groups in total. The van der Waals surface area contributed by atoms with E-state index in [1.807, 2.05) is 11.0 Å². The van der Waals surface area contributed by atoms with E-state index in [-0.39, 0.29) is 5.91 Å². The molecule has 0 atom stereocenters. The molecule has 0 aliphatic carbocycles. The van der Waals surface area contributed by atoms with E-state index in [0.29, 0.717) is 0 Å². The third kappa shape index (κ3) is 3.66. The van der Waals surface area contributed by atoms with Crippen LogP contribution in [0.4, 0.5) is 5.69 Å². The van der Waals surface area contributed by atoms with Crippen LogP contribution in [0.15, 0.2) is 30.3 Å². The zero-order valence-corrected chi connectivity index (χ0v) is 12.6. The lowest BCUT2D eigenvalue weighted by molar-refractivity contribution is -0.126. The molecule has 3 heteroatoms. The molecule has 3 nitrogen and oxygen atoms in total. The zero-order chi connectivity index (χ0) is 14.5. The Morgan fingerprint density at radius 3 is 2.14 bits per heavy atom. The Hall–Kier alpha value is -1.77. The lowest BCUT2D eigenvalue weighted by Gasteiger charge is -2.25. The molecular formula is C18H24N2O. The first-order valence-corrected chi connectivity index (χ1v) is 8.15. The zero-order valence-electron chi connectivity index (χ0n) is 12.6. The Kier molecular flexibility index (Phi) is 4.59. The van der Waals surface area contributed by atoms with E-state index < -0.39 is 0 Å². The van der Waals surface area contributed by atoms with Crippen molar-refractivity contribution < 1.29 is 4.79 Å². The van der Waals surface area contributed by atoms with Crippen LogP contribution in [0.5, 0.6) is 0 Å². The van der Waals surface area contributed by atoms with Crippen LogP contribution < -0.4 is 4.90 Å². The van der Waals surface area contributed by atoms with E-state index in [4.69, 9.17) is 0 Å². The van der Waals surface area contributed by atoms with Gasteiger partial charge < -0.3 is 9.80 Å². The van der Waals surface area contributed by atoms with Gasteiger partial charge in [-0.1, -0.05) is 12.1 Å². The maximum Gasteiger partial charge on any atom is 0.246 e. The minimum absolute atomic E-state index is 0.151. The number of carbonyl (C=O) groups excluding carboxylic acids is 1. The topological polar surface area (TPSA) is 23.6 Å². The van der Waals surface area contributed by atoms with Crippen LogP contribution in [0.25, 0.3) is 6.08 Å². The summed E-state index contributed by atoms with van der Waals surface area (Å²) < 4.78 is 0. The van der Waals surface area contributed by atoms with Crippen molar-refractivity contribution >= 4 is 17.7 Å². The minimum atomic E-state index is 0.151. The molecule has 1 aromatic rings. The maximum atomic E-state index is 12.1. The molecule has 1 amide bonds. The number of piperidine rings is 1. The number of amides is 1. The molecule has 2 fully saturated rings. The van der Waals surface area contributed by atoms with Crippen molar-refractivity contribution in [3.05, 3.63) is 35.9 Å². The summed E-state index contributed by atoms with van der Waals surface area (Å²) in [6, 6.07) is 8.54. The van der Waals surface area contributed by atoms with Gasteiger partial charge in [0.1, 0.15) is 0 Å². The summed E-state index contributed by atoms with van der Waals surface area (Å²) in [5, 5.41) is 0. The van der Waals surface area contributed by atoms with Crippen molar-refractivity contribution in [3.8, 4) is 0 Å². The molecular weight excluding hydrogens is 260 g/mol. The summed E-state index contributed by atoms with van der Waals surface area (Å²) in [7, 11) is 0.